The Morgan fingerprint density at radius 3 is 3.00 bits per heavy atom. The molecule has 1 aromatic heterocycles. The zero-order chi connectivity index (χ0) is 5.11. The van der Waals surface area contributed by atoms with E-state index in [1.807, 2.05) is 5.92 Å². The van der Waals surface area contributed by atoms with Gasteiger partial charge in [0.05, 0.1) is 6.20 Å². The van der Waals surface area contributed by atoms with Crippen LogP contribution >= 0.6 is 0 Å². The second kappa shape index (κ2) is 1.48. The smallest absolute Gasteiger partial charge is 0.274 e. The molecule has 0 fully saturated rings. The molecule has 0 saturated carbocycles. The maximum absolute atomic E-state index is 6.45. The molecule has 0 N–H and O–H groups in total. The number of hydrogen-bond acceptors (Lipinski definition) is 2. The third-order valence-corrected chi connectivity index (χ3v) is 0.539. The number of oxazole rings is 1. The van der Waals surface area contributed by atoms with Crippen LogP contribution in [0.3, 0.4) is 0 Å². The van der Waals surface area contributed by atoms with Gasteiger partial charge < -0.3 is 4.42 Å². The molecule has 7 heavy (non-hydrogen) atoms. The first-order valence-corrected chi connectivity index (χ1v) is 1.75. The van der Waals surface area contributed by atoms with Crippen LogP contribution in [0.5, 0.6) is 0 Å². The highest BCUT2D eigenvalue weighted by Gasteiger charge is 1.83. The third kappa shape index (κ3) is 0.606. The molecule has 0 amide bonds. The third-order valence-electron chi connectivity index (χ3n) is 0.539. The predicted molar refractivity (Wildman–Crippen MR) is 22.7 cm³/mol. The fraction of sp³-hybridized carbons (Fsp3) is 0. The monoisotopic (exact) mass is 92.0 g/mol. The van der Waals surface area contributed by atoms with Crippen LogP contribution < -0.4 is 0 Å². The summed E-state index contributed by atoms with van der Waals surface area (Å²) >= 11 is 0. The minimum absolute atomic E-state index is 0.222. The molecule has 0 atom stereocenters. The van der Waals surface area contributed by atoms with Crippen LogP contribution in [-0.4, -0.2) is 4.98 Å². The molecule has 0 spiro atoms. The summed E-state index contributed by atoms with van der Waals surface area (Å²) < 4.78 is 4.57. The number of hydrogen-bond donors (Lipinski definition) is 0. The van der Waals surface area contributed by atoms with Crippen molar-refractivity contribution in [3.8, 4) is 5.92 Å². The van der Waals surface area contributed by atoms with Crippen molar-refractivity contribution in [3.63, 3.8) is 0 Å². The van der Waals surface area contributed by atoms with Gasteiger partial charge >= 0.3 is 0 Å². The van der Waals surface area contributed by atoms with E-state index in [-0.39, 0.29) is 5.89 Å². The van der Waals surface area contributed by atoms with Gasteiger partial charge in [-0.15, -0.1) is 0 Å². The molecule has 1 rings (SSSR count). The van der Waals surface area contributed by atoms with E-state index in [0.29, 0.717) is 0 Å². The van der Waals surface area contributed by atoms with Crippen LogP contribution in [0.25, 0.3) is 0 Å². The lowest BCUT2D eigenvalue weighted by atomic mass is 10.7. The maximum Gasteiger partial charge on any atom is 0.274 e. The standard InChI is InChI=1S/C5H2NO/c1-2-5-6-3-4-7-5/h3-4H. The Hall–Kier alpha value is -1.23. The Bertz CT molecular complexity index is 170. The molecule has 33 valence electrons. The molecule has 1 aromatic rings. The van der Waals surface area contributed by atoms with Gasteiger partial charge in [-0.05, 0) is 6.42 Å². The summed E-state index contributed by atoms with van der Waals surface area (Å²) in [5.41, 5.74) is 0. The van der Waals surface area contributed by atoms with Gasteiger partial charge in [-0.3, -0.25) is 0 Å². The van der Waals surface area contributed by atoms with E-state index in [0.717, 1.165) is 0 Å². The zero-order valence-corrected chi connectivity index (χ0v) is 3.51. The van der Waals surface area contributed by atoms with Crippen molar-refractivity contribution in [3.05, 3.63) is 24.8 Å². The van der Waals surface area contributed by atoms with E-state index in [1.54, 1.807) is 0 Å². The van der Waals surface area contributed by atoms with E-state index in [1.165, 1.54) is 12.5 Å². The van der Waals surface area contributed by atoms with Crippen molar-refractivity contribution in [1.29, 1.82) is 0 Å². The lowest BCUT2D eigenvalue weighted by Crippen LogP contribution is -1.64. The van der Waals surface area contributed by atoms with Gasteiger partial charge in [0, 0.05) is 5.92 Å². The minimum atomic E-state index is 0.222. The van der Waals surface area contributed by atoms with E-state index < -0.39 is 0 Å². The first-order valence-electron chi connectivity index (χ1n) is 1.75. The second-order valence-corrected chi connectivity index (χ2v) is 0.962. The van der Waals surface area contributed by atoms with Crippen molar-refractivity contribution in [2.75, 3.05) is 0 Å². The molecule has 0 bridgehead atoms. The molecule has 0 aliphatic carbocycles. The fourth-order valence-electron chi connectivity index (χ4n) is 0.285. The molecule has 2 heteroatoms. The van der Waals surface area contributed by atoms with Crippen molar-refractivity contribution >= 4 is 0 Å². The van der Waals surface area contributed by atoms with Crippen molar-refractivity contribution in [1.82, 2.24) is 4.98 Å². The summed E-state index contributed by atoms with van der Waals surface area (Å²) in [6, 6.07) is 0. The lowest BCUT2D eigenvalue weighted by Gasteiger charge is -1.66. The van der Waals surface area contributed by atoms with Gasteiger partial charge in [-0.25, -0.2) is 4.98 Å². The summed E-state index contributed by atoms with van der Waals surface area (Å²) in [5, 5.41) is 0. The first kappa shape index (κ1) is 3.94. The summed E-state index contributed by atoms with van der Waals surface area (Å²) in [5.74, 6) is 2.20. The highest BCUT2D eigenvalue weighted by molar-refractivity contribution is 5.05. The molecule has 2 nitrogen and oxygen atoms in total. The molecule has 1 heterocycles. The van der Waals surface area contributed by atoms with Gasteiger partial charge in [0.1, 0.15) is 6.26 Å². The second-order valence-electron chi connectivity index (χ2n) is 0.962. The topological polar surface area (TPSA) is 26.0 Å². The predicted octanol–water partition coefficient (Wildman–Crippen LogP) is 0.612. The average Bonchev–Trinajstić information content (AvgIpc) is 2.14. The highest BCUT2D eigenvalue weighted by Crippen LogP contribution is 1.87. The SMILES string of the molecule is [C]#Cc1ncco1. The average molecular weight is 92.1 g/mol. The minimum Gasteiger partial charge on any atom is -0.439 e. The summed E-state index contributed by atoms with van der Waals surface area (Å²) in [6.45, 7) is 0. The fourth-order valence-corrected chi connectivity index (χ4v) is 0.285. The quantitative estimate of drug-likeness (QED) is 0.438. The lowest BCUT2D eigenvalue weighted by molar-refractivity contribution is 0.543. The van der Waals surface area contributed by atoms with Crippen LogP contribution in [0, 0.1) is 12.3 Å². The van der Waals surface area contributed by atoms with Crippen molar-refractivity contribution < 1.29 is 4.42 Å². The first-order chi connectivity index (χ1) is 3.43. The highest BCUT2D eigenvalue weighted by atomic mass is 16.3. The number of aromatic nitrogens is 1. The van der Waals surface area contributed by atoms with Crippen LogP contribution in [0.1, 0.15) is 5.89 Å². The Morgan fingerprint density at radius 1 is 1.86 bits per heavy atom. The largest absolute Gasteiger partial charge is 0.439 e. The van der Waals surface area contributed by atoms with Crippen molar-refractivity contribution in [2.24, 2.45) is 0 Å². The van der Waals surface area contributed by atoms with E-state index in [4.69, 9.17) is 6.42 Å². The molecular formula is C5H2NO. The van der Waals surface area contributed by atoms with Gasteiger partial charge in [0.15, 0.2) is 0 Å². The van der Waals surface area contributed by atoms with E-state index >= 15 is 0 Å². The summed E-state index contributed by atoms with van der Waals surface area (Å²) in [4.78, 5) is 3.57. The number of nitrogens with zero attached hydrogens (tertiary/aromatic N) is 1. The Kier molecular flexibility index (Phi) is 0.833. The maximum atomic E-state index is 6.45. The van der Waals surface area contributed by atoms with Crippen LogP contribution in [0.2, 0.25) is 0 Å². The molecule has 1 radical (unpaired) electrons. The molecule has 0 aliphatic rings. The Morgan fingerprint density at radius 2 is 2.71 bits per heavy atom. The molecular weight excluding hydrogens is 90.1 g/mol. The molecule has 0 saturated heterocycles. The van der Waals surface area contributed by atoms with Gasteiger partial charge in [0.2, 0.25) is 0 Å². The van der Waals surface area contributed by atoms with Crippen molar-refractivity contribution in [2.45, 2.75) is 0 Å². The normalized spacial score (nSPS) is 7.86. The molecule has 0 aromatic carbocycles. The zero-order valence-electron chi connectivity index (χ0n) is 3.51. The molecule has 0 unspecified atom stereocenters. The van der Waals surface area contributed by atoms with Gasteiger partial charge in [0.25, 0.3) is 5.89 Å². The van der Waals surface area contributed by atoms with Crippen LogP contribution in [0.15, 0.2) is 16.9 Å². The van der Waals surface area contributed by atoms with Crippen LogP contribution in [0.4, 0.5) is 0 Å². The summed E-state index contributed by atoms with van der Waals surface area (Å²) in [6.07, 6.45) is 9.32. The number of rotatable bonds is 0. The van der Waals surface area contributed by atoms with Crippen LogP contribution in [-0.2, 0) is 0 Å². The van der Waals surface area contributed by atoms with E-state index in [2.05, 4.69) is 9.40 Å². The van der Waals surface area contributed by atoms with Gasteiger partial charge in [-0.1, -0.05) is 0 Å². The Labute approximate surface area is 41.2 Å². The Balaban J connectivity index is 3.04. The van der Waals surface area contributed by atoms with Gasteiger partial charge in [-0.2, -0.15) is 0 Å². The van der Waals surface area contributed by atoms with E-state index in [9.17, 15) is 0 Å². The summed E-state index contributed by atoms with van der Waals surface area (Å²) in [7, 11) is 0. The molecule has 0 aliphatic heterocycles.